The molecule has 0 spiro atoms. The summed E-state index contributed by atoms with van der Waals surface area (Å²) < 4.78 is 5.55. The SMILES string of the molecule is COc1ccc(Nc2ccc(CCNC[C@@H](O)c3ccc(O)c(CO)c3)cc2)cc1-c1ccccc1. The third-order valence-corrected chi connectivity index (χ3v) is 6.11. The Hall–Kier alpha value is -3.84. The van der Waals surface area contributed by atoms with Gasteiger partial charge >= 0.3 is 0 Å². The molecule has 186 valence electrons. The molecule has 0 aromatic heterocycles. The van der Waals surface area contributed by atoms with Crippen LogP contribution in [0.1, 0.15) is 22.8 Å². The molecule has 0 saturated heterocycles. The summed E-state index contributed by atoms with van der Waals surface area (Å²) in [5, 5.41) is 36.1. The van der Waals surface area contributed by atoms with Gasteiger partial charge < -0.3 is 30.7 Å². The number of hydrogen-bond acceptors (Lipinski definition) is 6. The molecule has 0 saturated carbocycles. The van der Waals surface area contributed by atoms with Crippen molar-refractivity contribution in [3.8, 4) is 22.6 Å². The minimum atomic E-state index is -0.715. The molecule has 4 rings (SSSR count). The van der Waals surface area contributed by atoms with Gasteiger partial charge in [0.15, 0.2) is 0 Å². The Kier molecular flexibility index (Phi) is 8.57. The number of anilines is 2. The van der Waals surface area contributed by atoms with E-state index in [4.69, 9.17) is 4.74 Å². The van der Waals surface area contributed by atoms with Crippen molar-refractivity contribution in [1.29, 1.82) is 0 Å². The van der Waals surface area contributed by atoms with E-state index in [1.807, 2.05) is 30.3 Å². The number of ether oxygens (including phenoxy) is 1. The fourth-order valence-corrected chi connectivity index (χ4v) is 4.08. The number of aliphatic hydroxyl groups excluding tert-OH is 2. The smallest absolute Gasteiger partial charge is 0.126 e. The number of hydrogen-bond donors (Lipinski definition) is 5. The van der Waals surface area contributed by atoms with Crippen LogP contribution in [0.5, 0.6) is 11.5 Å². The minimum Gasteiger partial charge on any atom is -0.508 e. The van der Waals surface area contributed by atoms with Crippen LogP contribution >= 0.6 is 0 Å². The zero-order valence-electron chi connectivity index (χ0n) is 20.3. The zero-order valence-corrected chi connectivity index (χ0v) is 20.3. The minimum absolute atomic E-state index is 0.0305. The summed E-state index contributed by atoms with van der Waals surface area (Å²) in [6, 6.07) is 29.3. The van der Waals surface area contributed by atoms with E-state index in [0.29, 0.717) is 24.2 Å². The standard InChI is InChI=1S/C30H32N2O4/c1-36-30-14-12-26(18-27(30)22-5-3-2-4-6-22)32-25-10-7-21(8-11-25)15-16-31-19-29(35)23-9-13-28(34)24(17-23)20-33/h2-14,17-18,29,31-35H,15-16,19-20H2,1H3/t29-/m1/s1. The molecule has 0 heterocycles. The van der Waals surface area contributed by atoms with Crippen molar-refractivity contribution in [1.82, 2.24) is 5.32 Å². The maximum atomic E-state index is 10.4. The van der Waals surface area contributed by atoms with E-state index in [1.54, 1.807) is 19.2 Å². The topological polar surface area (TPSA) is 94.0 Å². The van der Waals surface area contributed by atoms with Gasteiger partial charge in [0.25, 0.3) is 0 Å². The van der Waals surface area contributed by atoms with Crippen LogP contribution in [0.3, 0.4) is 0 Å². The van der Waals surface area contributed by atoms with Crippen molar-refractivity contribution in [2.75, 3.05) is 25.5 Å². The number of aromatic hydroxyl groups is 1. The Morgan fingerprint density at radius 3 is 2.33 bits per heavy atom. The Balaban J connectivity index is 1.30. The molecule has 0 fully saturated rings. The van der Waals surface area contributed by atoms with Gasteiger partial charge in [0.05, 0.1) is 19.8 Å². The maximum Gasteiger partial charge on any atom is 0.126 e. The summed E-state index contributed by atoms with van der Waals surface area (Å²) in [6.45, 7) is 0.835. The van der Waals surface area contributed by atoms with E-state index >= 15 is 0 Å². The molecule has 6 nitrogen and oxygen atoms in total. The third-order valence-electron chi connectivity index (χ3n) is 6.11. The van der Waals surface area contributed by atoms with Crippen LogP contribution in [-0.2, 0) is 13.0 Å². The summed E-state index contributed by atoms with van der Waals surface area (Å²) >= 11 is 0. The molecular weight excluding hydrogens is 452 g/mol. The molecule has 4 aromatic rings. The van der Waals surface area contributed by atoms with Crippen molar-refractivity contribution in [3.63, 3.8) is 0 Å². The molecule has 0 unspecified atom stereocenters. The van der Waals surface area contributed by atoms with Crippen molar-refractivity contribution in [2.24, 2.45) is 0 Å². The first-order chi connectivity index (χ1) is 17.6. The van der Waals surface area contributed by atoms with Crippen molar-refractivity contribution < 1.29 is 20.1 Å². The second-order valence-electron chi connectivity index (χ2n) is 8.62. The van der Waals surface area contributed by atoms with E-state index in [0.717, 1.165) is 34.7 Å². The van der Waals surface area contributed by atoms with E-state index < -0.39 is 6.10 Å². The normalized spacial score (nSPS) is 11.8. The van der Waals surface area contributed by atoms with Crippen LogP contribution in [0.25, 0.3) is 11.1 Å². The van der Waals surface area contributed by atoms with Crippen LogP contribution in [0, 0.1) is 0 Å². The Labute approximate surface area is 211 Å². The number of rotatable bonds is 11. The molecule has 0 aliphatic rings. The zero-order chi connectivity index (χ0) is 25.3. The van der Waals surface area contributed by atoms with Gasteiger partial charge in [-0.25, -0.2) is 0 Å². The van der Waals surface area contributed by atoms with Crippen LogP contribution in [0.2, 0.25) is 0 Å². The number of methoxy groups -OCH3 is 1. The molecule has 0 aliphatic carbocycles. The van der Waals surface area contributed by atoms with Gasteiger partial charge in [-0.3, -0.25) is 0 Å². The first kappa shape index (κ1) is 25.3. The average Bonchev–Trinajstić information content (AvgIpc) is 2.92. The van der Waals surface area contributed by atoms with Crippen LogP contribution in [0.15, 0.2) is 91.0 Å². The van der Waals surface area contributed by atoms with E-state index in [9.17, 15) is 15.3 Å². The van der Waals surface area contributed by atoms with Gasteiger partial charge in [-0.05, 0) is 72.1 Å². The lowest BCUT2D eigenvalue weighted by molar-refractivity contribution is 0.174. The van der Waals surface area contributed by atoms with Crippen molar-refractivity contribution in [2.45, 2.75) is 19.1 Å². The summed E-state index contributed by atoms with van der Waals surface area (Å²) in [5.74, 6) is 0.863. The molecule has 0 amide bonds. The maximum absolute atomic E-state index is 10.4. The Morgan fingerprint density at radius 1 is 0.861 bits per heavy atom. The van der Waals surface area contributed by atoms with Gasteiger partial charge in [-0.1, -0.05) is 48.5 Å². The largest absolute Gasteiger partial charge is 0.508 e. The average molecular weight is 485 g/mol. The molecule has 6 heteroatoms. The molecule has 0 aliphatic heterocycles. The number of benzene rings is 4. The summed E-state index contributed by atoms with van der Waals surface area (Å²) in [7, 11) is 1.68. The monoisotopic (exact) mass is 484 g/mol. The van der Waals surface area contributed by atoms with Crippen molar-refractivity contribution in [3.05, 3.63) is 108 Å². The predicted octanol–water partition coefficient (Wildman–Crippen LogP) is 5.17. The van der Waals surface area contributed by atoms with Gasteiger partial charge in [-0.15, -0.1) is 0 Å². The van der Waals surface area contributed by atoms with Gasteiger partial charge in [0.1, 0.15) is 11.5 Å². The third kappa shape index (κ3) is 6.43. The first-order valence-electron chi connectivity index (χ1n) is 12.0. The van der Waals surface area contributed by atoms with Gasteiger partial charge in [0, 0.05) is 29.0 Å². The quantitative estimate of drug-likeness (QED) is 0.189. The van der Waals surface area contributed by atoms with Crippen LogP contribution in [-0.4, -0.2) is 35.5 Å². The fourth-order valence-electron chi connectivity index (χ4n) is 4.08. The highest BCUT2D eigenvalue weighted by atomic mass is 16.5. The number of phenols is 1. The summed E-state index contributed by atoms with van der Waals surface area (Å²) in [4.78, 5) is 0. The Bertz CT molecular complexity index is 1260. The number of aliphatic hydroxyl groups is 2. The molecule has 36 heavy (non-hydrogen) atoms. The lowest BCUT2D eigenvalue weighted by Gasteiger charge is -2.14. The van der Waals surface area contributed by atoms with Gasteiger partial charge in [-0.2, -0.15) is 0 Å². The highest BCUT2D eigenvalue weighted by molar-refractivity contribution is 5.76. The lowest BCUT2D eigenvalue weighted by Crippen LogP contribution is -2.23. The molecule has 5 N–H and O–H groups in total. The van der Waals surface area contributed by atoms with Crippen LogP contribution < -0.4 is 15.4 Å². The fraction of sp³-hybridized carbons (Fsp3) is 0.200. The van der Waals surface area contributed by atoms with Crippen LogP contribution in [0.4, 0.5) is 11.4 Å². The van der Waals surface area contributed by atoms with Gasteiger partial charge in [0.2, 0.25) is 0 Å². The molecule has 0 bridgehead atoms. The van der Waals surface area contributed by atoms with E-state index in [1.165, 1.54) is 11.6 Å². The highest BCUT2D eigenvalue weighted by Crippen LogP contribution is 2.33. The molecule has 4 aromatic carbocycles. The predicted molar refractivity (Wildman–Crippen MR) is 144 cm³/mol. The van der Waals surface area contributed by atoms with E-state index in [-0.39, 0.29) is 12.4 Å². The summed E-state index contributed by atoms with van der Waals surface area (Å²) in [6.07, 6.45) is 0.110. The van der Waals surface area contributed by atoms with Crippen molar-refractivity contribution >= 4 is 11.4 Å². The summed E-state index contributed by atoms with van der Waals surface area (Å²) in [5.41, 5.74) is 6.38. The highest BCUT2D eigenvalue weighted by Gasteiger charge is 2.10. The number of nitrogens with one attached hydrogen (secondary N) is 2. The van der Waals surface area contributed by atoms with E-state index in [2.05, 4.69) is 53.1 Å². The molecule has 1 atom stereocenters. The lowest BCUT2D eigenvalue weighted by atomic mass is 10.0. The second-order valence-corrected chi connectivity index (χ2v) is 8.62. The molecular formula is C30H32N2O4. The second kappa shape index (κ2) is 12.2. The first-order valence-corrected chi connectivity index (χ1v) is 12.0. The Morgan fingerprint density at radius 2 is 1.61 bits per heavy atom. The molecule has 0 radical (unpaired) electrons.